The van der Waals surface area contributed by atoms with Crippen molar-refractivity contribution in [2.75, 3.05) is 19.6 Å². The summed E-state index contributed by atoms with van der Waals surface area (Å²) in [6, 6.07) is -0.366. The maximum absolute atomic E-state index is 12.3. The second-order valence-electron chi connectivity index (χ2n) is 2.90. The van der Waals surface area contributed by atoms with E-state index in [1.807, 2.05) is 0 Å². The molecule has 1 fully saturated rings. The van der Waals surface area contributed by atoms with Gasteiger partial charge < -0.3 is 5.32 Å². The van der Waals surface area contributed by atoms with Crippen molar-refractivity contribution in [2.45, 2.75) is 25.7 Å². The molecule has 0 bridgehead atoms. The SMILES string of the molecule is CCN([C@@H]1CCNC1)C(F)(F)F. The molecule has 0 aromatic heterocycles. The molecule has 0 spiro atoms. The standard InChI is InChI=1S/C7H13F3N2/c1-2-12(7(8,9)10)6-3-4-11-5-6/h6,11H,2-5H2,1H3/t6-/m1/s1. The lowest BCUT2D eigenvalue weighted by Gasteiger charge is -2.28. The second kappa shape index (κ2) is 3.62. The largest absolute Gasteiger partial charge is 0.460 e. The maximum Gasteiger partial charge on any atom is 0.460 e. The molecule has 0 aromatic rings. The Bertz CT molecular complexity index is 140. The highest BCUT2D eigenvalue weighted by atomic mass is 19.4. The summed E-state index contributed by atoms with van der Waals surface area (Å²) < 4.78 is 36.8. The summed E-state index contributed by atoms with van der Waals surface area (Å²) in [4.78, 5) is 0.590. The summed E-state index contributed by atoms with van der Waals surface area (Å²) >= 11 is 0. The third kappa shape index (κ3) is 2.10. The molecule has 0 radical (unpaired) electrons. The number of nitrogens with zero attached hydrogens (tertiary/aromatic N) is 1. The van der Waals surface area contributed by atoms with Gasteiger partial charge in [0.1, 0.15) is 0 Å². The van der Waals surface area contributed by atoms with Gasteiger partial charge >= 0.3 is 6.30 Å². The zero-order valence-electron chi connectivity index (χ0n) is 6.99. The van der Waals surface area contributed by atoms with Crippen LogP contribution in [0.1, 0.15) is 13.3 Å². The van der Waals surface area contributed by atoms with E-state index in [0.717, 1.165) is 0 Å². The highest BCUT2D eigenvalue weighted by Crippen LogP contribution is 2.25. The third-order valence-corrected chi connectivity index (χ3v) is 2.14. The summed E-state index contributed by atoms with van der Waals surface area (Å²) in [5.41, 5.74) is 0. The normalized spacial score (nSPS) is 25.2. The molecule has 1 N–H and O–H groups in total. The summed E-state index contributed by atoms with van der Waals surface area (Å²) in [7, 11) is 0. The number of rotatable bonds is 2. The van der Waals surface area contributed by atoms with Crippen molar-refractivity contribution < 1.29 is 13.2 Å². The van der Waals surface area contributed by atoms with Crippen molar-refractivity contribution in [1.82, 2.24) is 10.2 Å². The minimum Gasteiger partial charge on any atom is -0.315 e. The Hall–Kier alpha value is -0.290. The van der Waals surface area contributed by atoms with Gasteiger partial charge in [-0.25, -0.2) is 4.90 Å². The van der Waals surface area contributed by atoms with Gasteiger partial charge in [0.15, 0.2) is 0 Å². The maximum atomic E-state index is 12.3. The van der Waals surface area contributed by atoms with E-state index in [0.29, 0.717) is 24.4 Å². The van der Waals surface area contributed by atoms with E-state index in [1.165, 1.54) is 6.92 Å². The molecule has 1 saturated heterocycles. The van der Waals surface area contributed by atoms with Crippen LogP contribution in [0.2, 0.25) is 0 Å². The van der Waals surface area contributed by atoms with Crippen molar-refractivity contribution in [3.8, 4) is 0 Å². The first-order valence-electron chi connectivity index (χ1n) is 4.10. The van der Waals surface area contributed by atoms with Crippen LogP contribution >= 0.6 is 0 Å². The van der Waals surface area contributed by atoms with Crippen molar-refractivity contribution >= 4 is 0 Å². The Morgan fingerprint density at radius 2 is 2.17 bits per heavy atom. The molecule has 1 aliphatic rings. The van der Waals surface area contributed by atoms with Crippen LogP contribution in [0.25, 0.3) is 0 Å². The first kappa shape index (κ1) is 9.80. The van der Waals surface area contributed by atoms with Crippen LogP contribution in [0, 0.1) is 0 Å². The van der Waals surface area contributed by atoms with E-state index in [2.05, 4.69) is 5.32 Å². The number of likely N-dealkylation sites (N-methyl/N-ethyl adjacent to an activating group) is 1. The van der Waals surface area contributed by atoms with Crippen LogP contribution in [-0.2, 0) is 0 Å². The van der Waals surface area contributed by atoms with Crippen LogP contribution in [0.3, 0.4) is 0 Å². The summed E-state index contributed by atoms with van der Waals surface area (Å²) in [5, 5.41) is 2.92. The van der Waals surface area contributed by atoms with Crippen LogP contribution in [0.4, 0.5) is 13.2 Å². The van der Waals surface area contributed by atoms with E-state index < -0.39 is 6.30 Å². The first-order valence-corrected chi connectivity index (χ1v) is 4.10. The van der Waals surface area contributed by atoms with Gasteiger partial charge in [-0.05, 0) is 13.0 Å². The molecule has 1 rings (SSSR count). The number of alkyl halides is 3. The minimum atomic E-state index is -4.18. The summed E-state index contributed by atoms with van der Waals surface area (Å²) in [5.74, 6) is 0. The van der Waals surface area contributed by atoms with E-state index in [9.17, 15) is 13.2 Å². The highest BCUT2D eigenvalue weighted by molar-refractivity contribution is 4.81. The number of nitrogens with one attached hydrogen (secondary N) is 1. The van der Waals surface area contributed by atoms with Crippen molar-refractivity contribution in [1.29, 1.82) is 0 Å². The fourth-order valence-electron chi connectivity index (χ4n) is 1.55. The lowest BCUT2D eigenvalue weighted by atomic mass is 10.2. The zero-order valence-corrected chi connectivity index (χ0v) is 6.99. The molecular formula is C7H13F3N2. The van der Waals surface area contributed by atoms with Crippen LogP contribution < -0.4 is 5.32 Å². The smallest absolute Gasteiger partial charge is 0.315 e. The molecule has 1 atom stereocenters. The molecule has 0 unspecified atom stereocenters. The molecule has 1 heterocycles. The fourth-order valence-corrected chi connectivity index (χ4v) is 1.55. The average molecular weight is 182 g/mol. The van der Waals surface area contributed by atoms with E-state index in [4.69, 9.17) is 0 Å². The second-order valence-corrected chi connectivity index (χ2v) is 2.90. The number of halogens is 3. The van der Waals surface area contributed by atoms with Gasteiger partial charge in [-0.15, -0.1) is 0 Å². The molecule has 2 nitrogen and oxygen atoms in total. The minimum absolute atomic E-state index is 0.0375. The molecule has 0 amide bonds. The van der Waals surface area contributed by atoms with E-state index in [-0.39, 0.29) is 12.6 Å². The topological polar surface area (TPSA) is 15.3 Å². The zero-order chi connectivity index (χ0) is 9.19. The Labute approximate surface area is 69.7 Å². The number of hydrogen-bond acceptors (Lipinski definition) is 2. The molecule has 0 saturated carbocycles. The van der Waals surface area contributed by atoms with Crippen LogP contribution in [0.15, 0.2) is 0 Å². The van der Waals surface area contributed by atoms with Crippen LogP contribution in [-0.4, -0.2) is 36.9 Å². The molecule has 0 aromatic carbocycles. The van der Waals surface area contributed by atoms with Gasteiger partial charge in [0.2, 0.25) is 0 Å². The molecule has 0 aliphatic carbocycles. The quantitative estimate of drug-likeness (QED) is 0.645. The molecule has 72 valence electrons. The van der Waals surface area contributed by atoms with Gasteiger partial charge in [-0.1, -0.05) is 6.92 Å². The lowest BCUT2D eigenvalue weighted by Crippen LogP contribution is -2.46. The Morgan fingerprint density at radius 3 is 2.50 bits per heavy atom. The average Bonchev–Trinajstić information content (AvgIpc) is 2.38. The third-order valence-electron chi connectivity index (χ3n) is 2.14. The molecule has 12 heavy (non-hydrogen) atoms. The first-order chi connectivity index (χ1) is 5.55. The predicted octanol–water partition coefficient (Wildman–Crippen LogP) is 1.19. The van der Waals surface area contributed by atoms with E-state index in [1.54, 1.807) is 0 Å². The van der Waals surface area contributed by atoms with Crippen LogP contribution in [0.5, 0.6) is 0 Å². The Morgan fingerprint density at radius 1 is 1.50 bits per heavy atom. The van der Waals surface area contributed by atoms with E-state index >= 15 is 0 Å². The summed E-state index contributed by atoms with van der Waals surface area (Å²) in [6.07, 6.45) is -3.58. The highest BCUT2D eigenvalue weighted by Gasteiger charge is 2.41. The number of hydrogen-bond donors (Lipinski definition) is 1. The Kier molecular flexibility index (Phi) is 2.95. The molecule has 5 heteroatoms. The Balaban J connectivity index is 2.54. The predicted molar refractivity (Wildman–Crippen MR) is 39.7 cm³/mol. The molecule has 1 aliphatic heterocycles. The van der Waals surface area contributed by atoms with Crippen molar-refractivity contribution in [2.24, 2.45) is 0 Å². The van der Waals surface area contributed by atoms with Gasteiger partial charge in [0.05, 0.1) is 0 Å². The van der Waals surface area contributed by atoms with Crippen molar-refractivity contribution in [3.05, 3.63) is 0 Å². The monoisotopic (exact) mass is 182 g/mol. The fraction of sp³-hybridized carbons (Fsp3) is 1.00. The van der Waals surface area contributed by atoms with Gasteiger partial charge in [-0.3, -0.25) is 0 Å². The van der Waals surface area contributed by atoms with Gasteiger partial charge in [0.25, 0.3) is 0 Å². The van der Waals surface area contributed by atoms with Gasteiger partial charge in [-0.2, -0.15) is 13.2 Å². The van der Waals surface area contributed by atoms with Gasteiger partial charge in [0, 0.05) is 19.1 Å². The molecular weight excluding hydrogens is 169 g/mol. The lowest BCUT2D eigenvalue weighted by molar-refractivity contribution is -0.255. The summed E-state index contributed by atoms with van der Waals surface area (Å²) in [6.45, 7) is 2.71. The van der Waals surface area contributed by atoms with Crippen molar-refractivity contribution in [3.63, 3.8) is 0 Å².